The van der Waals surface area contributed by atoms with Gasteiger partial charge in [0.25, 0.3) is 0 Å². The van der Waals surface area contributed by atoms with Crippen molar-refractivity contribution in [3.05, 3.63) is 79.7 Å². The standard InChI is InChI=1S/C9H14N4O2.C9H16N4.C5H3BrN2O2.C4H12N2/c1-12(2)6-5-10-8-3-4-9(11-7-8)13(14)15;1-13(2)6-5-11-8-3-4-9(10)12-7-8;6-4-1-2-5(7-3-4)8(9)10;1-6(2)4-3-5/h3-4,7,10H,5-6H2,1-2H3;3-4,7,11H,5-6H2,1-2H3,(H2,10,12);1-3H;3-5H2,1-2H3. The second kappa shape index (κ2) is 23.4. The second-order valence-corrected chi connectivity index (χ2v) is 10.7. The number of nitrogens with zero attached hydrogens (tertiary/aromatic N) is 8. The number of anilines is 3. The maximum absolute atomic E-state index is 10.3. The van der Waals surface area contributed by atoms with E-state index >= 15 is 0 Å². The van der Waals surface area contributed by atoms with E-state index in [0.29, 0.717) is 5.82 Å². The van der Waals surface area contributed by atoms with Crippen LogP contribution in [0.5, 0.6) is 0 Å². The Labute approximate surface area is 267 Å². The molecular formula is C27H45BrN12O4. The molecule has 0 spiro atoms. The minimum atomic E-state index is -0.535. The zero-order valence-electron chi connectivity index (χ0n) is 26.2. The molecule has 0 unspecified atom stereocenters. The lowest BCUT2D eigenvalue weighted by Gasteiger charge is -2.10. The van der Waals surface area contributed by atoms with Gasteiger partial charge >= 0.3 is 11.6 Å². The van der Waals surface area contributed by atoms with Crippen LogP contribution in [0.2, 0.25) is 0 Å². The van der Waals surface area contributed by atoms with Gasteiger partial charge in [0.05, 0.1) is 22.0 Å². The zero-order chi connectivity index (χ0) is 33.5. The Balaban J connectivity index is 0.000000586. The van der Waals surface area contributed by atoms with Crippen LogP contribution < -0.4 is 22.1 Å². The van der Waals surface area contributed by atoms with E-state index in [1.54, 1.807) is 24.4 Å². The molecule has 0 aliphatic carbocycles. The molecule has 0 fully saturated rings. The van der Waals surface area contributed by atoms with Gasteiger partial charge < -0.3 is 57.0 Å². The van der Waals surface area contributed by atoms with Gasteiger partial charge in [-0.1, -0.05) is 0 Å². The van der Waals surface area contributed by atoms with Crippen molar-refractivity contribution in [2.24, 2.45) is 5.73 Å². The van der Waals surface area contributed by atoms with Gasteiger partial charge in [-0.25, -0.2) is 4.98 Å². The highest BCUT2D eigenvalue weighted by atomic mass is 79.9. The average Bonchev–Trinajstić information content (AvgIpc) is 2.95. The lowest BCUT2D eigenvalue weighted by Crippen LogP contribution is -2.20. The fraction of sp³-hybridized carbons (Fsp3) is 0.444. The van der Waals surface area contributed by atoms with E-state index in [1.807, 2.05) is 53.3 Å². The molecule has 3 aromatic heterocycles. The minimum Gasteiger partial charge on any atom is -0.384 e. The summed E-state index contributed by atoms with van der Waals surface area (Å²) in [6, 6.07) is 9.67. The van der Waals surface area contributed by atoms with Crippen molar-refractivity contribution in [3.8, 4) is 0 Å². The first kappa shape index (κ1) is 40.0. The van der Waals surface area contributed by atoms with Crippen molar-refractivity contribution < 1.29 is 9.85 Å². The lowest BCUT2D eigenvalue weighted by molar-refractivity contribution is -0.389. The maximum Gasteiger partial charge on any atom is 0.363 e. The summed E-state index contributed by atoms with van der Waals surface area (Å²) < 4.78 is 0.734. The van der Waals surface area contributed by atoms with Crippen molar-refractivity contribution in [1.82, 2.24) is 29.7 Å². The predicted octanol–water partition coefficient (Wildman–Crippen LogP) is 2.86. The first-order chi connectivity index (χ1) is 20.7. The number of nitrogen functional groups attached to an aromatic ring is 1. The van der Waals surface area contributed by atoms with E-state index in [1.165, 1.54) is 24.5 Å². The molecule has 0 saturated heterocycles. The van der Waals surface area contributed by atoms with Crippen LogP contribution in [0.4, 0.5) is 28.8 Å². The normalized spacial score (nSPS) is 10.1. The number of hydrogen-bond donors (Lipinski definition) is 4. The van der Waals surface area contributed by atoms with E-state index in [-0.39, 0.29) is 11.6 Å². The molecule has 17 heteroatoms. The third-order valence-corrected chi connectivity index (χ3v) is 5.44. The highest BCUT2D eigenvalue weighted by molar-refractivity contribution is 9.10. The number of nitrogens with one attached hydrogen (secondary N) is 2. The molecule has 3 aromatic rings. The van der Waals surface area contributed by atoms with Crippen molar-refractivity contribution in [2.75, 3.05) is 97.9 Å². The van der Waals surface area contributed by atoms with Gasteiger partial charge in [0, 0.05) is 51.4 Å². The summed E-state index contributed by atoms with van der Waals surface area (Å²) in [5.41, 5.74) is 12.4. The number of aromatic nitrogens is 3. The van der Waals surface area contributed by atoms with Crippen LogP contribution in [0.25, 0.3) is 0 Å². The van der Waals surface area contributed by atoms with E-state index in [0.717, 1.165) is 55.1 Å². The van der Waals surface area contributed by atoms with Crippen LogP contribution in [0.15, 0.2) is 59.5 Å². The van der Waals surface area contributed by atoms with E-state index < -0.39 is 9.85 Å². The molecule has 0 radical (unpaired) electrons. The molecule has 44 heavy (non-hydrogen) atoms. The number of hydrogen-bond acceptors (Lipinski definition) is 14. The first-order valence-electron chi connectivity index (χ1n) is 13.4. The van der Waals surface area contributed by atoms with Crippen molar-refractivity contribution in [3.63, 3.8) is 0 Å². The summed E-state index contributed by atoms with van der Waals surface area (Å²) in [5.74, 6) is 0.287. The molecule has 6 N–H and O–H groups in total. The number of nitrogens with two attached hydrogens (primary N) is 2. The predicted molar refractivity (Wildman–Crippen MR) is 180 cm³/mol. The molecule has 244 valence electrons. The molecule has 0 amide bonds. The van der Waals surface area contributed by atoms with Gasteiger partial charge in [-0.2, -0.15) is 0 Å². The van der Waals surface area contributed by atoms with Crippen LogP contribution in [-0.2, 0) is 0 Å². The Hall–Kier alpha value is -4.03. The molecule has 0 aliphatic heterocycles. The minimum absolute atomic E-state index is 0.131. The van der Waals surface area contributed by atoms with Crippen LogP contribution >= 0.6 is 15.9 Å². The van der Waals surface area contributed by atoms with Crippen LogP contribution in [0.1, 0.15) is 0 Å². The smallest absolute Gasteiger partial charge is 0.363 e. The molecular weight excluding hydrogens is 636 g/mol. The Bertz CT molecular complexity index is 1180. The van der Waals surface area contributed by atoms with Gasteiger partial charge in [0.1, 0.15) is 5.82 Å². The van der Waals surface area contributed by atoms with E-state index in [4.69, 9.17) is 11.5 Å². The molecule has 0 saturated carbocycles. The quantitative estimate of drug-likeness (QED) is 0.160. The van der Waals surface area contributed by atoms with E-state index in [9.17, 15) is 20.2 Å². The molecule has 3 heterocycles. The topological polar surface area (TPSA) is 211 Å². The molecule has 0 aliphatic rings. The Morgan fingerprint density at radius 1 is 0.705 bits per heavy atom. The SMILES string of the molecule is CN(C)CCN.CN(C)CCNc1ccc(N)nc1.CN(C)CCNc1ccc([N+](=O)[O-])nc1.O=[N+]([O-])c1ccc(Br)cn1. The molecule has 3 rings (SSSR count). The number of nitro groups is 2. The molecule has 16 nitrogen and oxygen atoms in total. The summed E-state index contributed by atoms with van der Waals surface area (Å²) >= 11 is 3.11. The van der Waals surface area contributed by atoms with Crippen molar-refractivity contribution >= 4 is 44.8 Å². The number of pyridine rings is 3. The Kier molecular flexibility index (Phi) is 21.3. The fourth-order valence-electron chi connectivity index (χ4n) is 2.69. The zero-order valence-corrected chi connectivity index (χ0v) is 27.8. The van der Waals surface area contributed by atoms with Crippen LogP contribution in [-0.4, -0.2) is 121 Å². The number of rotatable bonds is 12. The van der Waals surface area contributed by atoms with Gasteiger partial charge in [-0.15, -0.1) is 0 Å². The Morgan fingerprint density at radius 3 is 1.43 bits per heavy atom. The van der Waals surface area contributed by atoms with Crippen molar-refractivity contribution in [1.29, 1.82) is 0 Å². The fourth-order valence-corrected chi connectivity index (χ4v) is 2.92. The number of halogens is 1. The van der Waals surface area contributed by atoms with Gasteiger partial charge in [0.15, 0.2) is 12.4 Å². The summed E-state index contributed by atoms with van der Waals surface area (Å²) in [5, 5.41) is 26.7. The van der Waals surface area contributed by atoms with Crippen LogP contribution in [0, 0.1) is 20.2 Å². The third kappa shape index (κ3) is 21.6. The van der Waals surface area contributed by atoms with E-state index in [2.05, 4.69) is 51.3 Å². The van der Waals surface area contributed by atoms with Gasteiger partial charge in [-0.05, 0) is 102 Å². The maximum atomic E-state index is 10.3. The van der Waals surface area contributed by atoms with Gasteiger partial charge in [0.2, 0.25) is 0 Å². The summed E-state index contributed by atoms with van der Waals surface area (Å²) in [4.78, 5) is 36.8. The molecule has 0 bridgehead atoms. The average molecular weight is 682 g/mol. The molecule has 0 atom stereocenters. The highest BCUT2D eigenvalue weighted by Gasteiger charge is 2.05. The molecule has 0 aromatic carbocycles. The lowest BCUT2D eigenvalue weighted by atomic mass is 10.4. The summed E-state index contributed by atoms with van der Waals surface area (Å²) in [7, 11) is 12.1. The third-order valence-electron chi connectivity index (χ3n) is 4.97. The Morgan fingerprint density at radius 2 is 1.14 bits per heavy atom. The largest absolute Gasteiger partial charge is 0.384 e. The monoisotopic (exact) mass is 680 g/mol. The van der Waals surface area contributed by atoms with Gasteiger partial charge in [-0.3, -0.25) is 0 Å². The first-order valence-corrected chi connectivity index (χ1v) is 14.2. The van der Waals surface area contributed by atoms with Crippen molar-refractivity contribution in [2.45, 2.75) is 0 Å². The number of likely N-dealkylation sites (N-methyl/N-ethyl adjacent to an activating group) is 3. The summed E-state index contributed by atoms with van der Waals surface area (Å²) in [6.45, 7) is 5.35. The highest BCUT2D eigenvalue weighted by Crippen LogP contribution is 2.12. The van der Waals surface area contributed by atoms with Crippen LogP contribution in [0.3, 0.4) is 0 Å². The summed E-state index contributed by atoms with van der Waals surface area (Å²) in [6.07, 6.45) is 4.59. The second-order valence-electron chi connectivity index (χ2n) is 9.78.